The first-order chi connectivity index (χ1) is 7.98. The number of rotatable bonds is 3. The van der Waals surface area contributed by atoms with Crippen LogP contribution < -0.4 is 0 Å². The fourth-order valence-electron chi connectivity index (χ4n) is 3.93. The molecule has 3 nitrogen and oxygen atoms in total. The Kier molecular flexibility index (Phi) is 3.48. The zero-order chi connectivity index (χ0) is 12.5. The van der Waals surface area contributed by atoms with Crippen molar-refractivity contribution in [3.63, 3.8) is 0 Å². The third kappa shape index (κ3) is 2.49. The summed E-state index contributed by atoms with van der Waals surface area (Å²) < 4.78 is 0. The molecule has 17 heavy (non-hydrogen) atoms. The lowest BCUT2D eigenvalue weighted by Crippen LogP contribution is -2.50. The van der Waals surface area contributed by atoms with E-state index in [9.17, 15) is 4.79 Å². The van der Waals surface area contributed by atoms with Gasteiger partial charge in [-0.1, -0.05) is 12.8 Å². The molecule has 0 radical (unpaired) electrons. The predicted molar refractivity (Wildman–Crippen MR) is 68.0 cm³/mol. The molecule has 1 N–H and O–H groups in total. The Morgan fingerprint density at radius 3 is 2.00 bits per heavy atom. The second-order valence-corrected chi connectivity index (χ2v) is 6.40. The van der Waals surface area contributed by atoms with Gasteiger partial charge in [0, 0.05) is 5.54 Å². The van der Waals surface area contributed by atoms with E-state index in [-0.39, 0.29) is 5.54 Å². The largest absolute Gasteiger partial charge is 0.481 e. The number of carboxylic acids is 1. The molecule has 1 spiro atoms. The van der Waals surface area contributed by atoms with Crippen molar-refractivity contribution in [2.75, 3.05) is 14.1 Å². The monoisotopic (exact) mass is 239 g/mol. The van der Waals surface area contributed by atoms with Gasteiger partial charge in [0.2, 0.25) is 0 Å². The topological polar surface area (TPSA) is 40.5 Å². The van der Waals surface area contributed by atoms with E-state index in [1.807, 2.05) is 14.1 Å². The van der Waals surface area contributed by atoms with Crippen LogP contribution in [0.1, 0.15) is 57.8 Å². The van der Waals surface area contributed by atoms with Gasteiger partial charge in [0.15, 0.2) is 0 Å². The maximum absolute atomic E-state index is 11.1. The van der Waals surface area contributed by atoms with Crippen molar-refractivity contribution in [1.29, 1.82) is 0 Å². The second-order valence-electron chi connectivity index (χ2n) is 6.40. The molecule has 0 heterocycles. The molecule has 0 atom stereocenters. The Morgan fingerprint density at radius 2 is 1.59 bits per heavy atom. The molecule has 2 aliphatic carbocycles. The SMILES string of the molecule is CN(C)C1(CC(=O)O)CCC2(CCCC2)CC1. The van der Waals surface area contributed by atoms with Crippen LogP contribution in [0.15, 0.2) is 0 Å². The molecular weight excluding hydrogens is 214 g/mol. The highest BCUT2D eigenvalue weighted by molar-refractivity contribution is 5.68. The molecule has 0 aromatic carbocycles. The van der Waals surface area contributed by atoms with Crippen LogP contribution in [0.2, 0.25) is 0 Å². The van der Waals surface area contributed by atoms with E-state index in [1.54, 1.807) is 0 Å². The minimum absolute atomic E-state index is 0.0837. The van der Waals surface area contributed by atoms with Gasteiger partial charge in [-0.2, -0.15) is 0 Å². The lowest BCUT2D eigenvalue weighted by molar-refractivity contribution is -0.141. The minimum atomic E-state index is -0.652. The summed E-state index contributed by atoms with van der Waals surface area (Å²) in [6, 6.07) is 0. The molecule has 0 bridgehead atoms. The van der Waals surface area contributed by atoms with E-state index in [0.717, 1.165) is 12.8 Å². The fourth-order valence-corrected chi connectivity index (χ4v) is 3.93. The number of hydrogen-bond acceptors (Lipinski definition) is 2. The molecule has 0 amide bonds. The minimum Gasteiger partial charge on any atom is -0.481 e. The summed E-state index contributed by atoms with van der Waals surface area (Å²) in [5, 5.41) is 9.11. The van der Waals surface area contributed by atoms with E-state index < -0.39 is 5.97 Å². The Bertz CT molecular complexity index is 283. The highest BCUT2D eigenvalue weighted by Gasteiger charge is 2.45. The quantitative estimate of drug-likeness (QED) is 0.823. The van der Waals surface area contributed by atoms with Crippen LogP contribution in [0, 0.1) is 5.41 Å². The summed E-state index contributed by atoms with van der Waals surface area (Å²) in [6.45, 7) is 0. The van der Waals surface area contributed by atoms with E-state index in [4.69, 9.17) is 5.11 Å². The van der Waals surface area contributed by atoms with Gasteiger partial charge in [0.05, 0.1) is 6.42 Å². The fraction of sp³-hybridized carbons (Fsp3) is 0.929. The molecule has 0 aromatic heterocycles. The van der Waals surface area contributed by atoms with Crippen molar-refractivity contribution >= 4 is 5.97 Å². The summed E-state index contributed by atoms with van der Waals surface area (Å²) >= 11 is 0. The maximum Gasteiger partial charge on any atom is 0.305 e. The van der Waals surface area contributed by atoms with Crippen LogP contribution in [0.3, 0.4) is 0 Å². The van der Waals surface area contributed by atoms with Crippen molar-refractivity contribution in [2.24, 2.45) is 5.41 Å². The van der Waals surface area contributed by atoms with Crippen molar-refractivity contribution < 1.29 is 9.90 Å². The zero-order valence-electron chi connectivity index (χ0n) is 11.2. The summed E-state index contributed by atoms with van der Waals surface area (Å²) in [4.78, 5) is 13.2. The Hall–Kier alpha value is -0.570. The van der Waals surface area contributed by atoms with Crippen molar-refractivity contribution in [3.05, 3.63) is 0 Å². The molecule has 2 rings (SSSR count). The molecule has 98 valence electrons. The average Bonchev–Trinajstić information content (AvgIpc) is 2.70. The van der Waals surface area contributed by atoms with E-state index in [2.05, 4.69) is 4.90 Å². The van der Waals surface area contributed by atoms with Crippen LogP contribution in [-0.4, -0.2) is 35.6 Å². The Labute approximate surface area is 104 Å². The van der Waals surface area contributed by atoms with Gasteiger partial charge in [0.1, 0.15) is 0 Å². The van der Waals surface area contributed by atoms with Gasteiger partial charge in [0.25, 0.3) is 0 Å². The Balaban J connectivity index is 2.04. The normalized spacial score (nSPS) is 26.5. The van der Waals surface area contributed by atoms with Gasteiger partial charge in [-0.25, -0.2) is 0 Å². The molecule has 0 aliphatic heterocycles. The third-order valence-corrected chi connectivity index (χ3v) is 5.33. The van der Waals surface area contributed by atoms with E-state index >= 15 is 0 Å². The average molecular weight is 239 g/mol. The third-order valence-electron chi connectivity index (χ3n) is 5.33. The molecule has 2 fully saturated rings. The summed E-state index contributed by atoms with van der Waals surface area (Å²) in [5.74, 6) is -0.652. The Morgan fingerprint density at radius 1 is 1.06 bits per heavy atom. The molecule has 0 unspecified atom stereocenters. The number of carbonyl (C=O) groups is 1. The predicted octanol–water partition coefficient (Wildman–Crippen LogP) is 2.90. The van der Waals surface area contributed by atoms with Crippen molar-refractivity contribution in [3.8, 4) is 0 Å². The maximum atomic E-state index is 11.1. The molecule has 2 saturated carbocycles. The van der Waals surface area contributed by atoms with Gasteiger partial charge in [-0.15, -0.1) is 0 Å². The molecule has 2 aliphatic rings. The van der Waals surface area contributed by atoms with Crippen LogP contribution >= 0.6 is 0 Å². The highest BCUT2D eigenvalue weighted by Crippen LogP contribution is 2.52. The summed E-state index contributed by atoms with van der Waals surface area (Å²) in [7, 11) is 4.07. The van der Waals surface area contributed by atoms with Crippen molar-refractivity contribution in [1.82, 2.24) is 4.90 Å². The summed E-state index contributed by atoms with van der Waals surface area (Å²) in [5.41, 5.74) is 0.498. The smallest absolute Gasteiger partial charge is 0.305 e. The number of hydrogen-bond donors (Lipinski definition) is 1. The first kappa shape index (κ1) is 12.9. The van der Waals surface area contributed by atoms with Gasteiger partial charge < -0.3 is 10.0 Å². The first-order valence-electron chi connectivity index (χ1n) is 6.87. The van der Waals surface area contributed by atoms with Crippen LogP contribution in [-0.2, 0) is 4.79 Å². The number of aliphatic carboxylic acids is 1. The first-order valence-corrected chi connectivity index (χ1v) is 6.87. The van der Waals surface area contributed by atoms with Crippen molar-refractivity contribution in [2.45, 2.75) is 63.3 Å². The van der Waals surface area contributed by atoms with Gasteiger partial charge in [-0.05, 0) is 58.0 Å². The molecule has 0 aromatic rings. The number of nitrogens with zero attached hydrogens (tertiary/aromatic N) is 1. The highest BCUT2D eigenvalue weighted by atomic mass is 16.4. The molecule has 3 heteroatoms. The molecular formula is C14H25NO2. The van der Waals surface area contributed by atoms with E-state index in [1.165, 1.54) is 38.5 Å². The molecule has 0 saturated heterocycles. The van der Waals surface area contributed by atoms with Gasteiger partial charge in [-0.3, -0.25) is 4.79 Å². The van der Waals surface area contributed by atoms with E-state index in [0.29, 0.717) is 11.8 Å². The second kappa shape index (κ2) is 4.60. The van der Waals surface area contributed by atoms with Crippen LogP contribution in [0.4, 0.5) is 0 Å². The standard InChI is InChI=1S/C14H25NO2/c1-15(2)14(11-12(16)17)9-7-13(8-10-14)5-3-4-6-13/h3-11H2,1-2H3,(H,16,17). The van der Waals surface area contributed by atoms with Crippen LogP contribution in [0.25, 0.3) is 0 Å². The van der Waals surface area contributed by atoms with Gasteiger partial charge >= 0.3 is 5.97 Å². The summed E-state index contributed by atoms with van der Waals surface area (Å²) in [6.07, 6.45) is 10.4. The van der Waals surface area contributed by atoms with Crippen LogP contribution in [0.5, 0.6) is 0 Å². The lowest BCUT2D eigenvalue weighted by atomic mass is 9.65. The number of carboxylic acid groups (broad SMARTS) is 1. The zero-order valence-corrected chi connectivity index (χ0v) is 11.2. The lowest BCUT2D eigenvalue weighted by Gasteiger charge is -2.48.